The maximum Gasteiger partial charge on any atom is 0.248 e. The minimum Gasteiger partial charge on any atom is -0.401 e. The van der Waals surface area contributed by atoms with Crippen molar-refractivity contribution in [2.75, 3.05) is 7.05 Å². The fourth-order valence-electron chi connectivity index (χ4n) is 2.60. The van der Waals surface area contributed by atoms with E-state index in [1.54, 1.807) is 7.05 Å². The van der Waals surface area contributed by atoms with E-state index in [2.05, 4.69) is 5.32 Å². The van der Waals surface area contributed by atoms with E-state index in [1.165, 1.54) is 12.8 Å². The number of fused-ring (bicyclic) bond motifs is 2. The van der Waals surface area contributed by atoms with E-state index in [0.29, 0.717) is 11.8 Å². The summed E-state index contributed by atoms with van der Waals surface area (Å²) in [4.78, 5) is 11.5. The maximum absolute atomic E-state index is 11.5. The molecule has 72 valence electrons. The van der Waals surface area contributed by atoms with Gasteiger partial charge in [-0.15, -0.1) is 0 Å². The topological polar surface area (TPSA) is 55.1 Å². The van der Waals surface area contributed by atoms with Crippen LogP contribution in [0.15, 0.2) is 11.3 Å². The van der Waals surface area contributed by atoms with Crippen LogP contribution >= 0.6 is 0 Å². The summed E-state index contributed by atoms with van der Waals surface area (Å²) in [5.41, 5.74) is 7.70. The SMILES string of the molecule is CNC(=O)C1=C(N)C2CCC1CC2. The average molecular weight is 180 g/mol. The fraction of sp³-hybridized carbons (Fsp3) is 0.700. The first-order valence-corrected chi connectivity index (χ1v) is 4.95. The number of amides is 1. The van der Waals surface area contributed by atoms with Crippen LogP contribution in [0.2, 0.25) is 0 Å². The highest BCUT2D eigenvalue weighted by Gasteiger charge is 2.36. The summed E-state index contributed by atoms with van der Waals surface area (Å²) >= 11 is 0. The second kappa shape index (κ2) is 3.05. The van der Waals surface area contributed by atoms with Crippen molar-refractivity contribution < 1.29 is 4.79 Å². The second-order valence-electron chi connectivity index (χ2n) is 4.00. The summed E-state index contributed by atoms with van der Waals surface area (Å²) in [6.45, 7) is 0. The molecular formula is C10H16N2O. The molecule has 1 amide bonds. The average Bonchev–Trinajstić information content (AvgIpc) is 2.18. The lowest BCUT2D eigenvalue weighted by molar-refractivity contribution is -0.118. The molecule has 1 fully saturated rings. The molecule has 0 radical (unpaired) electrons. The van der Waals surface area contributed by atoms with Crippen LogP contribution in [0, 0.1) is 11.8 Å². The Hall–Kier alpha value is -0.990. The molecule has 3 heteroatoms. The van der Waals surface area contributed by atoms with Crippen molar-refractivity contribution in [1.82, 2.24) is 5.32 Å². The van der Waals surface area contributed by atoms with Gasteiger partial charge >= 0.3 is 0 Å². The van der Waals surface area contributed by atoms with Crippen molar-refractivity contribution in [3.05, 3.63) is 11.3 Å². The van der Waals surface area contributed by atoms with Gasteiger partial charge in [0, 0.05) is 18.3 Å². The zero-order valence-electron chi connectivity index (χ0n) is 7.97. The summed E-state index contributed by atoms with van der Waals surface area (Å²) in [5.74, 6) is 0.953. The third-order valence-corrected chi connectivity index (χ3v) is 3.36. The van der Waals surface area contributed by atoms with Gasteiger partial charge in [-0.2, -0.15) is 0 Å². The Labute approximate surface area is 78.4 Å². The highest BCUT2D eigenvalue weighted by atomic mass is 16.1. The molecule has 0 heterocycles. The summed E-state index contributed by atoms with van der Waals surface area (Å²) in [6, 6.07) is 0. The van der Waals surface area contributed by atoms with Gasteiger partial charge in [-0.3, -0.25) is 4.79 Å². The smallest absolute Gasteiger partial charge is 0.248 e. The van der Waals surface area contributed by atoms with E-state index in [0.717, 1.165) is 24.1 Å². The molecule has 3 rings (SSSR count). The van der Waals surface area contributed by atoms with Gasteiger partial charge in [-0.1, -0.05) is 0 Å². The van der Waals surface area contributed by atoms with Gasteiger partial charge in [0.25, 0.3) is 0 Å². The first-order valence-electron chi connectivity index (χ1n) is 4.95. The Morgan fingerprint density at radius 2 is 1.85 bits per heavy atom. The van der Waals surface area contributed by atoms with Gasteiger partial charge < -0.3 is 11.1 Å². The lowest BCUT2D eigenvalue weighted by atomic mass is 9.69. The van der Waals surface area contributed by atoms with Gasteiger partial charge in [-0.05, 0) is 37.5 Å². The molecule has 13 heavy (non-hydrogen) atoms. The van der Waals surface area contributed by atoms with Crippen molar-refractivity contribution in [3.63, 3.8) is 0 Å². The second-order valence-corrected chi connectivity index (χ2v) is 4.00. The number of carbonyl (C=O) groups is 1. The fourth-order valence-corrected chi connectivity index (χ4v) is 2.60. The van der Waals surface area contributed by atoms with E-state index >= 15 is 0 Å². The maximum atomic E-state index is 11.5. The molecule has 0 atom stereocenters. The minimum absolute atomic E-state index is 0.0342. The van der Waals surface area contributed by atoms with Crippen LogP contribution in [-0.4, -0.2) is 13.0 Å². The number of nitrogens with two attached hydrogens (primary N) is 1. The lowest BCUT2D eigenvalue weighted by Gasteiger charge is -2.37. The molecule has 3 aliphatic carbocycles. The van der Waals surface area contributed by atoms with E-state index in [1.807, 2.05) is 0 Å². The number of nitrogens with one attached hydrogen (secondary N) is 1. The molecule has 3 aliphatic rings. The Balaban J connectivity index is 2.33. The molecule has 3 N–H and O–H groups in total. The molecule has 0 saturated heterocycles. The Bertz CT molecular complexity index is 262. The van der Waals surface area contributed by atoms with Gasteiger partial charge in [0.1, 0.15) is 0 Å². The number of hydrogen-bond donors (Lipinski definition) is 2. The van der Waals surface area contributed by atoms with Gasteiger partial charge in [0.15, 0.2) is 0 Å². The first kappa shape index (κ1) is 8.60. The molecular weight excluding hydrogens is 164 g/mol. The van der Waals surface area contributed by atoms with E-state index < -0.39 is 0 Å². The summed E-state index contributed by atoms with van der Waals surface area (Å²) in [5, 5.41) is 2.67. The summed E-state index contributed by atoms with van der Waals surface area (Å²) < 4.78 is 0. The van der Waals surface area contributed by atoms with E-state index in [9.17, 15) is 4.79 Å². The van der Waals surface area contributed by atoms with Crippen LogP contribution in [-0.2, 0) is 4.79 Å². The van der Waals surface area contributed by atoms with Crippen molar-refractivity contribution in [2.24, 2.45) is 17.6 Å². The van der Waals surface area contributed by atoms with Crippen LogP contribution in [0.5, 0.6) is 0 Å². The first-order chi connectivity index (χ1) is 6.24. The number of allylic oxidation sites excluding steroid dienone is 1. The van der Waals surface area contributed by atoms with Crippen LogP contribution in [0.3, 0.4) is 0 Å². The van der Waals surface area contributed by atoms with Crippen molar-refractivity contribution >= 4 is 5.91 Å². The molecule has 0 aromatic carbocycles. The zero-order chi connectivity index (χ0) is 9.42. The van der Waals surface area contributed by atoms with E-state index in [-0.39, 0.29) is 5.91 Å². The molecule has 0 aromatic heterocycles. The van der Waals surface area contributed by atoms with Crippen LogP contribution in [0.1, 0.15) is 25.7 Å². The highest BCUT2D eigenvalue weighted by Crippen LogP contribution is 2.43. The third-order valence-electron chi connectivity index (χ3n) is 3.36. The van der Waals surface area contributed by atoms with Gasteiger partial charge in [-0.25, -0.2) is 0 Å². The number of likely N-dealkylation sites (N-methyl/N-ethyl adjacent to an activating group) is 1. The number of rotatable bonds is 1. The molecule has 0 unspecified atom stereocenters. The normalized spacial score (nSPS) is 32.1. The minimum atomic E-state index is 0.0342. The summed E-state index contributed by atoms with van der Waals surface area (Å²) in [6.07, 6.45) is 4.65. The van der Waals surface area contributed by atoms with Crippen molar-refractivity contribution in [3.8, 4) is 0 Å². The number of hydrogen-bond acceptors (Lipinski definition) is 2. The molecule has 3 nitrogen and oxygen atoms in total. The molecule has 2 bridgehead atoms. The van der Waals surface area contributed by atoms with Gasteiger partial charge in [0.2, 0.25) is 5.91 Å². The summed E-state index contributed by atoms with van der Waals surface area (Å²) in [7, 11) is 1.67. The van der Waals surface area contributed by atoms with Crippen LogP contribution in [0.4, 0.5) is 0 Å². The Kier molecular flexibility index (Phi) is 2.02. The van der Waals surface area contributed by atoms with Gasteiger partial charge in [0.05, 0.1) is 0 Å². The monoisotopic (exact) mass is 180 g/mol. The molecule has 1 saturated carbocycles. The largest absolute Gasteiger partial charge is 0.401 e. The van der Waals surface area contributed by atoms with Crippen molar-refractivity contribution in [2.45, 2.75) is 25.7 Å². The Morgan fingerprint density at radius 3 is 2.31 bits per heavy atom. The zero-order valence-corrected chi connectivity index (χ0v) is 7.97. The van der Waals surface area contributed by atoms with Crippen LogP contribution < -0.4 is 11.1 Å². The number of carbonyl (C=O) groups excluding carboxylic acids is 1. The Morgan fingerprint density at radius 1 is 1.31 bits per heavy atom. The molecule has 0 aromatic rings. The standard InChI is InChI=1S/C10H16N2O/c1-12-10(13)8-6-2-4-7(5-3-6)9(8)11/h6-7H,2-5,11H2,1H3,(H,12,13). The van der Waals surface area contributed by atoms with Crippen LogP contribution in [0.25, 0.3) is 0 Å². The predicted octanol–water partition coefficient (Wildman–Crippen LogP) is 0.765. The predicted molar refractivity (Wildman–Crippen MR) is 50.7 cm³/mol. The highest BCUT2D eigenvalue weighted by molar-refractivity contribution is 5.94. The van der Waals surface area contributed by atoms with E-state index in [4.69, 9.17) is 5.73 Å². The van der Waals surface area contributed by atoms with Crippen molar-refractivity contribution in [1.29, 1.82) is 0 Å². The molecule has 0 spiro atoms. The third kappa shape index (κ3) is 1.23. The lowest BCUT2D eigenvalue weighted by Crippen LogP contribution is -2.37. The quantitative estimate of drug-likeness (QED) is 0.626. The molecule has 0 aliphatic heterocycles.